The first-order chi connectivity index (χ1) is 8.58. The molecule has 1 aromatic carbocycles. The molecule has 0 saturated carbocycles. The highest BCUT2D eigenvalue weighted by Crippen LogP contribution is 2.20. The minimum Gasteiger partial charge on any atom is -0.478 e. The molecule has 0 aliphatic heterocycles. The van der Waals surface area contributed by atoms with Crippen molar-refractivity contribution in [2.45, 2.75) is 0 Å². The lowest BCUT2D eigenvalue weighted by molar-refractivity contribution is 0.0698. The van der Waals surface area contributed by atoms with Gasteiger partial charge in [0.1, 0.15) is 0 Å². The first kappa shape index (κ1) is 12.1. The maximum atomic E-state index is 11.8. The maximum Gasteiger partial charge on any atom is 0.337 e. The summed E-state index contributed by atoms with van der Waals surface area (Å²) in [5.74, 6) is -1.48. The lowest BCUT2D eigenvalue weighted by Gasteiger charge is -2.08. The molecule has 0 unspecified atom stereocenters. The lowest BCUT2D eigenvalue weighted by atomic mass is 10.1. The van der Waals surface area contributed by atoms with Crippen molar-refractivity contribution in [2.75, 3.05) is 11.1 Å². The van der Waals surface area contributed by atoms with Gasteiger partial charge in [-0.1, -0.05) is 0 Å². The number of benzene rings is 1. The molecule has 1 heterocycles. The van der Waals surface area contributed by atoms with Gasteiger partial charge in [0.05, 0.1) is 16.8 Å². The molecule has 0 atom stereocenters. The molecule has 6 heteroatoms. The number of hydrogen-bond donors (Lipinski definition) is 3. The second-order valence-corrected chi connectivity index (χ2v) is 4.36. The Hall–Kier alpha value is -2.34. The van der Waals surface area contributed by atoms with E-state index in [0.29, 0.717) is 11.3 Å². The molecule has 0 spiro atoms. The molecule has 0 fully saturated rings. The van der Waals surface area contributed by atoms with Gasteiger partial charge in [-0.15, -0.1) is 0 Å². The van der Waals surface area contributed by atoms with Crippen LogP contribution in [0, 0.1) is 0 Å². The van der Waals surface area contributed by atoms with Gasteiger partial charge in [-0.25, -0.2) is 4.79 Å². The van der Waals surface area contributed by atoms with Gasteiger partial charge >= 0.3 is 5.97 Å². The molecule has 0 radical (unpaired) electrons. The van der Waals surface area contributed by atoms with Crippen LogP contribution in [0.5, 0.6) is 0 Å². The normalized spacial score (nSPS) is 10.0. The number of carbonyl (C=O) groups is 2. The Labute approximate surface area is 107 Å². The predicted molar refractivity (Wildman–Crippen MR) is 70.1 cm³/mol. The van der Waals surface area contributed by atoms with Crippen LogP contribution in [0.15, 0.2) is 35.0 Å². The molecule has 4 N–H and O–H groups in total. The van der Waals surface area contributed by atoms with Gasteiger partial charge in [-0.05, 0) is 29.6 Å². The summed E-state index contributed by atoms with van der Waals surface area (Å²) in [5, 5.41) is 15.0. The highest BCUT2D eigenvalue weighted by molar-refractivity contribution is 7.08. The zero-order chi connectivity index (χ0) is 13.1. The van der Waals surface area contributed by atoms with Gasteiger partial charge in [0.25, 0.3) is 5.91 Å². The van der Waals surface area contributed by atoms with Crippen LogP contribution in [-0.4, -0.2) is 17.0 Å². The number of anilines is 2. The van der Waals surface area contributed by atoms with Crippen LogP contribution in [0.4, 0.5) is 11.4 Å². The highest BCUT2D eigenvalue weighted by atomic mass is 32.1. The zero-order valence-corrected chi connectivity index (χ0v) is 10.0. The smallest absolute Gasteiger partial charge is 0.337 e. The molecule has 5 nitrogen and oxygen atoms in total. The number of nitrogens with two attached hydrogens (primary N) is 1. The first-order valence-corrected chi connectivity index (χ1v) is 5.98. The highest BCUT2D eigenvalue weighted by Gasteiger charge is 2.14. The molecule has 2 rings (SSSR count). The summed E-state index contributed by atoms with van der Waals surface area (Å²) in [4.78, 5) is 22.8. The van der Waals surface area contributed by atoms with E-state index in [-0.39, 0.29) is 17.2 Å². The van der Waals surface area contributed by atoms with Crippen LogP contribution in [0.2, 0.25) is 0 Å². The summed E-state index contributed by atoms with van der Waals surface area (Å²) in [6.07, 6.45) is 0. The summed E-state index contributed by atoms with van der Waals surface area (Å²) < 4.78 is 0. The van der Waals surface area contributed by atoms with Crippen molar-refractivity contribution in [3.8, 4) is 0 Å². The van der Waals surface area contributed by atoms with Gasteiger partial charge in [-0.3, -0.25) is 4.79 Å². The Morgan fingerprint density at radius 3 is 2.67 bits per heavy atom. The Kier molecular flexibility index (Phi) is 3.29. The first-order valence-electron chi connectivity index (χ1n) is 5.04. The number of carboxylic acid groups (broad SMARTS) is 1. The van der Waals surface area contributed by atoms with E-state index in [1.807, 2.05) is 0 Å². The fourth-order valence-corrected chi connectivity index (χ4v) is 2.07. The third-order valence-corrected chi connectivity index (χ3v) is 2.99. The largest absolute Gasteiger partial charge is 0.478 e. The van der Waals surface area contributed by atoms with E-state index in [4.69, 9.17) is 10.8 Å². The van der Waals surface area contributed by atoms with Crippen molar-refractivity contribution >= 4 is 34.6 Å². The van der Waals surface area contributed by atoms with E-state index in [1.165, 1.54) is 29.5 Å². The van der Waals surface area contributed by atoms with Gasteiger partial charge in [-0.2, -0.15) is 11.3 Å². The van der Waals surface area contributed by atoms with Crippen LogP contribution < -0.4 is 11.1 Å². The predicted octanol–water partition coefficient (Wildman–Crippen LogP) is 2.28. The van der Waals surface area contributed by atoms with Crippen LogP contribution in [-0.2, 0) is 0 Å². The molecule has 0 saturated heterocycles. The minimum atomic E-state index is -1.14. The van der Waals surface area contributed by atoms with E-state index in [1.54, 1.807) is 16.8 Å². The monoisotopic (exact) mass is 262 g/mol. The quantitative estimate of drug-likeness (QED) is 0.740. The number of carbonyl (C=O) groups excluding carboxylic acids is 1. The summed E-state index contributed by atoms with van der Waals surface area (Å²) in [6, 6.07) is 5.99. The zero-order valence-electron chi connectivity index (χ0n) is 9.21. The van der Waals surface area contributed by atoms with Crippen molar-refractivity contribution < 1.29 is 14.7 Å². The maximum absolute atomic E-state index is 11.8. The van der Waals surface area contributed by atoms with Crippen LogP contribution in [0.1, 0.15) is 20.7 Å². The van der Waals surface area contributed by atoms with Crippen LogP contribution in [0.25, 0.3) is 0 Å². The Morgan fingerprint density at radius 1 is 1.28 bits per heavy atom. The van der Waals surface area contributed by atoms with Crippen molar-refractivity contribution in [3.63, 3.8) is 0 Å². The van der Waals surface area contributed by atoms with E-state index >= 15 is 0 Å². The van der Waals surface area contributed by atoms with E-state index in [0.717, 1.165) is 0 Å². The lowest BCUT2D eigenvalue weighted by Crippen LogP contribution is -2.14. The van der Waals surface area contributed by atoms with Gasteiger partial charge in [0.15, 0.2) is 0 Å². The van der Waals surface area contributed by atoms with Crippen LogP contribution >= 0.6 is 11.3 Å². The number of amides is 1. The second-order valence-electron chi connectivity index (χ2n) is 3.58. The average molecular weight is 262 g/mol. The Balaban J connectivity index is 2.29. The molecule has 18 heavy (non-hydrogen) atoms. The van der Waals surface area contributed by atoms with Gasteiger partial charge < -0.3 is 16.2 Å². The molecule has 0 bridgehead atoms. The molecule has 1 aromatic heterocycles. The molecule has 0 aliphatic carbocycles. The van der Waals surface area contributed by atoms with Crippen molar-refractivity contribution in [1.29, 1.82) is 0 Å². The summed E-state index contributed by atoms with van der Waals surface area (Å²) >= 11 is 1.39. The topological polar surface area (TPSA) is 92.4 Å². The summed E-state index contributed by atoms with van der Waals surface area (Å²) in [5.41, 5.74) is 6.54. The Morgan fingerprint density at radius 2 is 2.06 bits per heavy atom. The van der Waals surface area contributed by atoms with E-state index in [2.05, 4.69) is 5.32 Å². The van der Waals surface area contributed by atoms with Gasteiger partial charge in [0, 0.05) is 11.1 Å². The minimum absolute atomic E-state index is 0.0291. The molecule has 0 aliphatic rings. The van der Waals surface area contributed by atoms with Crippen molar-refractivity contribution in [3.05, 3.63) is 46.2 Å². The molecular weight excluding hydrogens is 252 g/mol. The number of nitrogens with one attached hydrogen (secondary N) is 1. The standard InChI is InChI=1S/C12H10N2O3S/c13-8-1-2-10(9(5-8)12(16)17)14-11(15)7-3-4-18-6-7/h1-6H,13H2,(H,14,15)(H,16,17). The third kappa shape index (κ3) is 2.49. The third-order valence-electron chi connectivity index (χ3n) is 2.31. The molecule has 1 amide bonds. The summed E-state index contributed by atoms with van der Waals surface area (Å²) in [6.45, 7) is 0. The molecule has 92 valence electrons. The van der Waals surface area contributed by atoms with Gasteiger partial charge in [0.2, 0.25) is 0 Å². The summed E-state index contributed by atoms with van der Waals surface area (Å²) in [7, 11) is 0. The fraction of sp³-hybridized carbons (Fsp3) is 0. The second kappa shape index (κ2) is 4.89. The fourth-order valence-electron chi connectivity index (χ4n) is 1.44. The number of nitrogen functional groups attached to an aromatic ring is 1. The van der Waals surface area contributed by atoms with E-state index < -0.39 is 5.97 Å². The molecular formula is C12H10N2O3S. The SMILES string of the molecule is Nc1ccc(NC(=O)c2ccsc2)c(C(=O)O)c1. The van der Waals surface area contributed by atoms with Crippen LogP contribution in [0.3, 0.4) is 0 Å². The number of aromatic carboxylic acids is 1. The number of carboxylic acids is 1. The average Bonchev–Trinajstić information content (AvgIpc) is 2.84. The number of rotatable bonds is 3. The van der Waals surface area contributed by atoms with Crippen molar-refractivity contribution in [2.24, 2.45) is 0 Å². The number of thiophene rings is 1. The molecule has 2 aromatic rings. The van der Waals surface area contributed by atoms with Crippen molar-refractivity contribution in [1.82, 2.24) is 0 Å². The van der Waals surface area contributed by atoms with E-state index in [9.17, 15) is 9.59 Å². The Bertz CT molecular complexity index is 593. The number of hydrogen-bond acceptors (Lipinski definition) is 4.